The molecule has 10 heavy (non-hydrogen) atoms. The summed E-state index contributed by atoms with van der Waals surface area (Å²) in [5, 5.41) is 0. The third-order valence-corrected chi connectivity index (χ3v) is 2.15. The zero-order chi connectivity index (χ0) is 7.82. The molecule has 0 aliphatic carbocycles. The second-order valence-electron chi connectivity index (χ2n) is 1.23. The molecule has 0 aromatic carbocycles. The predicted molar refractivity (Wildman–Crippen MR) is 51.0 cm³/mol. The lowest BCUT2D eigenvalue weighted by molar-refractivity contribution is 1.25. The van der Waals surface area contributed by atoms with Crippen molar-refractivity contribution in [3.8, 4) is 0 Å². The normalized spacial score (nSPS) is 9.10. The molecule has 0 saturated carbocycles. The number of rotatable bonds is 1. The van der Waals surface area contributed by atoms with Gasteiger partial charge in [-0.25, -0.2) is 0 Å². The van der Waals surface area contributed by atoms with Crippen LogP contribution in [0.1, 0.15) is 13.8 Å². The number of hydrogen-bond donors (Lipinski definition) is 0. The van der Waals surface area contributed by atoms with Crippen molar-refractivity contribution >= 4 is 22.6 Å². The lowest BCUT2D eigenvalue weighted by atomic mass is 10.8. The van der Waals surface area contributed by atoms with E-state index in [-0.39, 0.29) is 0 Å². The fraction of sp³-hybridized carbons (Fsp3) is 0.333. The van der Waals surface area contributed by atoms with E-state index >= 15 is 0 Å². The summed E-state index contributed by atoms with van der Waals surface area (Å²) >= 11 is 0. The molecule has 1 aromatic rings. The van der Waals surface area contributed by atoms with E-state index in [4.69, 9.17) is 0 Å². The Hall–Kier alpha value is -0.0600. The molecule has 0 amide bonds. The maximum atomic E-state index is 4.03. The van der Waals surface area contributed by atoms with E-state index in [2.05, 4.69) is 18.9 Å². The van der Waals surface area contributed by atoms with Crippen molar-refractivity contribution in [2.75, 3.05) is 0 Å². The van der Waals surface area contributed by atoms with Crippen LogP contribution >= 0.6 is 17.2 Å². The van der Waals surface area contributed by atoms with Gasteiger partial charge in [-0.15, -0.1) is 8.93 Å². The van der Waals surface area contributed by atoms with Gasteiger partial charge in [0.1, 0.15) is 0 Å². The van der Waals surface area contributed by atoms with Crippen LogP contribution in [0.3, 0.4) is 0 Å². The van der Waals surface area contributed by atoms with Crippen molar-refractivity contribution in [3.63, 3.8) is 0 Å². The number of hydrogen-bond acceptors (Lipinski definition) is 2. The van der Waals surface area contributed by atoms with Crippen molar-refractivity contribution in [1.82, 2.24) is 9.97 Å². The number of aromatic nitrogens is 2. The molecule has 0 fully saturated rings. The van der Waals surface area contributed by atoms with Crippen LogP contribution < -0.4 is 5.44 Å². The quantitative estimate of drug-likeness (QED) is 0.604. The molecule has 0 N–H and O–H groups in total. The minimum atomic E-state index is 0.673. The number of nitrogens with zero attached hydrogens (tertiary/aromatic N) is 2. The second-order valence-corrected chi connectivity index (χ2v) is 2.90. The van der Waals surface area contributed by atoms with Crippen molar-refractivity contribution in [1.29, 1.82) is 0 Å². The summed E-state index contributed by atoms with van der Waals surface area (Å²) in [4.78, 5) is 7.91. The van der Waals surface area contributed by atoms with E-state index in [1.807, 2.05) is 13.8 Å². The van der Waals surface area contributed by atoms with Gasteiger partial charge >= 0.3 is 0 Å². The van der Waals surface area contributed by atoms with Crippen LogP contribution in [0.4, 0.5) is 0 Å². The molecule has 2 unspecified atom stereocenters. The molecule has 1 aromatic heterocycles. The highest BCUT2D eigenvalue weighted by atomic mass is 32.0. The summed E-state index contributed by atoms with van der Waals surface area (Å²) in [5.74, 6) is 0. The highest BCUT2D eigenvalue weighted by Crippen LogP contribution is 2.15. The second kappa shape index (κ2) is 7.05. The molecule has 4 heteroatoms. The van der Waals surface area contributed by atoms with Gasteiger partial charge in [-0.2, -0.15) is 0 Å². The van der Waals surface area contributed by atoms with E-state index in [0.29, 0.717) is 8.27 Å². The Morgan fingerprint density at radius 2 is 2.10 bits per heavy atom. The molecule has 1 rings (SSSR count). The van der Waals surface area contributed by atoms with Crippen LogP contribution in [0.2, 0.25) is 0 Å². The first-order chi connectivity index (χ1) is 4.93. The summed E-state index contributed by atoms with van der Waals surface area (Å²) in [6.45, 7) is 4.00. The third-order valence-electron chi connectivity index (χ3n) is 0.711. The zero-order valence-electron chi connectivity index (χ0n) is 6.20. The summed E-state index contributed by atoms with van der Waals surface area (Å²) in [6, 6.07) is 0. The largest absolute Gasteiger partial charge is 0.261 e. The van der Waals surface area contributed by atoms with Crippen LogP contribution in [0, 0.1) is 0 Å². The molecule has 0 bridgehead atoms. The monoisotopic (exact) mass is 174 g/mol. The third kappa shape index (κ3) is 3.87. The highest BCUT2D eigenvalue weighted by Gasteiger charge is 1.82. The van der Waals surface area contributed by atoms with Crippen LogP contribution in [0.25, 0.3) is 0 Å². The molecule has 1 heterocycles. The zero-order valence-corrected chi connectivity index (χ0v) is 8.36. The van der Waals surface area contributed by atoms with E-state index in [0.717, 1.165) is 5.44 Å². The minimum absolute atomic E-state index is 0.673. The van der Waals surface area contributed by atoms with Gasteiger partial charge in [-0.1, -0.05) is 13.8 Å². The topological polar surface area (TPSA) is 25.8 Å². The van der Waals surface area contributed by atoms with Crippen molar-refractivity contribution < 1.29 is 0 Å². The van der Waals surface area contributed by atoms with Gasteiger partial charge in [0, 0.05) is 12.4 Å². The van der Waals surface area contributed by atoms with Gasteiger partial charge in [0.15, 0.2) is 0 Å². The van der Waals surface area contributed by atoms with Crippen molar-refractivity contribution in [2.24, 2.45) is 0 Å². The Morgan fingerprint density at radius 1 is 1.40 bits per heavy atom. The van der Waals surface area contributed by atoms with E-state index < -0.39 is 0 Å². The van der Waals surface area contributed by atoms with Gasteiger partial charge < -0.3 is 0 Å². The molecule has 0 aliphatic heterocycles. The van der Waals surface area contributed by atoms with Gasteiger partial charge in [-0.3, -0.25) is 9.97 Å². The lowest BCUT2D eigenvalue weighted by Crippen LogP contribution is -1.96. The van der Waals surface area contributed by atoms with Crippen LogP contribution in [-0.4, -0.2) is 9.97 Å². The van der Waals surface area contributed by atoms with Crippen molar-refractivity contribution in [3.05, 3.63) is 18.6 Å². The first-order valence-electron chi connectivity index (χ1n) is 3.16. The maximum absolute atomic E-state index is 4.03. The molecule has 2 atom stereocenters. The molecular formula is C6H12N2P2. The molecule has 56 valence electrons. The lowest BCUT2D eigenvalue weighted by Gasteiger charge is -1.88. The van der Waals surface area contributed by atoms with Crippen LogP contribution in [0.15, 0.2) is 18.6 Å². The molecule has 0 spiro atoms. The van der Waals surface area contributed by atoms with E-state index in [1.165, 1.54) is 0 Å². The molecule has 2 nitrogen and oxygen atoms in total. The van der Waals surface area contributed by atoms with Crippen LogP contribution in [0.5, 0.6) is 0 Å². The van der Waals surface area contributed by atoms with E-state index in [9.17, 15) is 0 Å². The predicted octanol–water partition coefficient (Wildman–Crippen LogP) is 1.60. The van der Waals surface area contributed by atoms with Crippen LogP contribution in [-0.2, 0) is 0 Å². The fourth-order valence-corrected chi connectivity index (χ4v) is 1.12. The summed E-state index contributed by atoms with van der Waals surface area (Å²) in [5.41, 5.74) is 1.04. The van der Waals surface area contributed by atoms with Gasteiger partial charge in [0.2, 0.25) is 0 Å². The van der Waals surface area contributed by atoms with Crippen molar-refractivity contribution in [2.45, 2.75) is 13.8 Å². The summed E-state index contributed by atoms with van der Waals surface area (Å²) in [7, 11) is 3.29. The smallest absolute Gasteiger partial charge is 0.0820 e. The minimum Gasteiger partial charge on any atom is -0.261 e. The molecule has 0 radical (unpaired) electrons. The fourth-order valence-electron chi connectivity index (χ4n) is 0.374. The van der Waals surface area contributed by atoms with Gasteiger partial charge in [0.25, 0.3) is 0 Å². The van der Waals surface area contributed by atoms with Gasteiger partial charge in [-0.05, 0) is 8.27 Å². The summed E-state index contributed by atoms with van der Waals surface area (Å²) in [6.07, 6.45) is 5.14. The highest BCUT2D eigenvalue weighted by molar-refractivity contribution is 8.06. The average molecular weight is 174 g/mol. The Labute approximate surface area is 65.7 Å². The first-order valence-corrected chi connectivity index (χ1v) is 5.97. The maximum Gasteiger partial charge on any atom is 0.0820 e. The Bertz CT molecular complexity index is 155. The standard InChI is InChI=1S/C4H6N2P2.C2H6/c7-8-4-3-5-1-2-6-4;1-2/h1-3,8H,7H2;1-2H3. The molecule has 0 saturated heterocycles. The first kappa shape index (κ1) is 9.94. The van der Waals surface area contributed by atoms with E-state index in [1.54, 1.807) is 18.6 Å². The SMILES string of the molecule is CC.PPc1cnccn1. The molecular weight excluding hydrogens is 162 g/mol. The molecule has 0 aliphatic rings. The van der Waals surface area contributed by atoms with Gasteiger partial charge in [0.05, 0.1) is 11.6 Å². The Kier molecular flexibility index (Phi) is 7.01. The average Bonchev–Trinajstić information content (AvgIpc) is 2.10. The Balaban J connectivity index is 0.000000371. The summed E-state index contributed by atoms with van der Waals surface area (Å²) < 4.78 is 0. The Morgan fingerprint density at radius 3 is 2.40 bits per heavy atom.